The van der Waals surface area contributed by atoms with Crippen molar-refractivity contribution in [1.29, 1.82) is 0 Å². The first-order valence-corrected chi connectivity index (χ1v) is 7.07. The van der Waals surface area contributed by atoms with Gasteiger partial charge in [-0.25, -0.2) is 4.79 Å². The average molecular weight is 283 g/mol. The molecule has 4 heteroatoms. The molecule has 1 aromatic carbocycles. The quantitative estimate of drug-likeness (QED) is 0.680. The van der Waals surface area contributed by atoms with E-state index in [0.717, 1.165) is 11.4 Å². The molecule has 100 valence electrons. The Hall–Kier alpha value is -2.33. The van der Waals surface area contributed by atoms with E-state index in [1.807, 2.05) is 30.5 Å². The number of carbonyl (C=O) groups is 1. The van der Waals surface area contributed by atoms with Crippen molar-refractivity contribution < 1.29 is 9.53 Å². The van der Waals surface area contributed by atoms with E-state index in [1.165, 1.54) is 12.0 Å². The molecule has 0 unspecified atom stereocenters. The summed E-state index contributed by atoms with van der Waals surface area (Å²) in [5.74, 6) is -0.317. The first-order valence-electron chi connectivity index (χ1n) is 6.19. The fourth-order valence-corrected chi connectivity index (χ4v) is 2.86. The van der Waals surface area contributed by atoms with E-state index in [9.17, 15) is 4.79 Å². The van der Waals surface area contributed by atoms with Crippen LogP contribution in [0, 0.1) is 0 Å². The zero-order valence-electron chi connectivity index (χ0n) is 10.9. The van der Waals surface area contributed by atoms with Crippen LogP contribution >= 0.6 is 11.3 Å². The minimum absolute atomic E-state index is 0.317. The van der Waals surface area contributed by atoms with Crippen LogP contribution in [-0.2, 0) is 4.74 Å². The summed E-state index contributed by atoms with van der Waals surface area (Å²) < 4.78 is 6.81. The second-order valence-electron chi connectivity index (χ2n) is 4.28. The molecular formula is C16H13NO2S. The Bertz CT molecular complexity index is 711. The van der Waals surface area contributed by atoms with E-state index in [-0.39, 0.29) is 5.97 Å². The lowest BCUT2D eigenvalue weighted by Crippen LogP contribution is -2.01. The van der Waals surface area contributed by atoms with Crippen molar-refractivity contribution in [2.45, 2.75) is 0 Å². The zero-order valence-corrected chi connectivity index (χ0v) is 11.8. The van der Waals surface area contributed by atoms with Gasteiger partial charge in [-0.15, -0.1) is 11.3 Å². The summed E-state index contributed by atoms with van der Waals surface area (Å²) in [4.78, 5) is 12.7. The number of rotatable bonds is 3. The van der Waals surface area contributed by atoms with E-state index in [4.69, 9.17) is 4.74 Å². The molecule has 3 aromatic rings. The Labute approximate surface area is 121 Å². The summed E-state index contributed by atoms with van der Waals surface area (Å²) in [6.45, 7) is 0. The van der Waals surface area contributed by atoms with Gasteiger partial charge < -0.3 is 9.30 Å². The lowest BCUT2D eigenvalue weighted by atomic mass is 10.2. The molecule has 0 saturated heterocycles. The number of methoxy groups -OCH3 is 1. The van der Waals surface area contributed by atoms with Gasteiger partial charge in [0, 0.05) is 11.9 Å². The van der Waals surface area contributed by atoms with Crippen LogP contribution in [0.3, 0.4) is 0 Å². The lowest BCUT2D eigenvalue weighted by molar-refractivity contribution is 0.0601. The standard InChI is InChI=1S/C16H13NO2S/c1-19-16(18)12-6-8-13(9-7-12)17-10-2-4-14(17)15-5-3-11-20-15/h2-11H,1H3. The molecule has 0 spiro atoms. The predicted octanol–water partition coefficient (Wildman–Crippen LogP) is 3.99. The number of carbonyl (C=O) groups excluding carboxylic acids is 1. The fourth-order valence-electron chi connectivity index (χ4n) is 2.11. The van der Waals surface area contributed by atoms with Crippen molar-refractivity contribution in [3.63, 3.8) is 0 Å². The van der Waals surface area contributed by atoms with Crippen molar-refractivity contribution in [2.75, 3.05) is 7.11 Å². The highest BCUT2D eigenvalue weighted by Crippen LogP contribution is 2.27. The number of aromatic nitrogens is 1. The molecule has 0 aliphatic rings. The smallest absolute Gasteiger partial charge is 0.337 e. The molecule has 0 aliphatic carbocycles. The number of hydrogen-bond acceptors (Lipinski definition) is 3. The third-order valence-corrected chi connectivity index (χ3v) is 3.98. The summed E-state index contributed by atoms with van der Waals surface area (Å²) in [6, 6.07) is 15.6. The number of esters is 1. The van der Waals surface area contributed by atoms with Crippen molar-refractivity contribution in [1.82, 2.24) is 4.57 Å². The molecule has 0 saturated carbocycles. The zero-order chi connectivity index (χ0) is 13.9. The Kier molecular flexibility index (Phi) is 3.39. The Balaban J connectivity index is 1.98. The molecular weight excluding hydrogens is 270 g/mol. The number of benzene rings is 1. The van der Waals surface area contributed by atoms with E-state index in [1.54, 1.807) is 23.5 Å². The van der Waals surface area contributed by atoms with Gasteiger partial charge in [-0.3, -0.25) is 0 Å². The largest absolute Gasteiger partial charge is 0.465 e. The van der Waals surface area contributed by atoms with Gasteiger partial charge in [-0.2, -0.15) is 0 Å². The van der Waals surface area contributed by atoms with Crippen LogP contribution in [0.25, 0.3) is 16.3 Å². The summed E-state index contributed by atoms with van der Waals surface area (Å²) in [5, 5.41) is 2.06. The third kappa shape index (κ3) is 2.26. The Morgan fingerprint density at radius 1 is 1.10 bits per heavy atom. The van der Waals surface area contributed by atoms with E-state index in [2.05, 4.69) is 22.1 Å². The topological polar surface area (TPSA) is 31.2 Å². The molecule has 3 rings (SSSR count). The van der Waals surface area contributed by atoms with Crippen LogP contribution in [-0.4, -0.2) is 17.6 Å². The molecule has 20 heavy (non-hydrogen) atoms. The molecule has 0 N–H and O–H groups in total. The molecule has 0 fully saturated rings. The number of thiophene rings is 1. The van der Waals surface area contributed by atoms with Crippen molar-refractivity contribution in [3.8, 4) is 16.3 Å². The first kappa shape index (κ1) is 12.7. The molecule has 2 aromatic heterocycles. The van der Waals surface area contributed by atoms with E-state index in [0.29, 0.717) is 5.56 Å². The second kappa shape index (κ2) is 5.35. The Morgan fingerprint density at radius 3 is 2.55 bits per heavy atom. The minimum atomic E-state index is -0.317. The summed E-state index contributed by atoms with van der Waals surface area (Å²) in [5.41, 5.74) is 2.72. The summed E-state index contributed by atoms with van der Waals surface area (Å²) >= 11 is 1.71. The van der Waals surface area contributed by atoms with Crippen LogP contribution in [0.15, 0.2) is 60.1 Å². The normalized spacial score (nSPS) is 10.4. The lowest BCUT2D eigenvalue weighted by Gasteiger charge is -2.08. The summed E-state index contributed by atoms with van der Waals surface area (Å²) in [7, 11) is 1.39. The van der Waals surface area contributed by atoms with Crippen LogP contribution in [0.5, 0.6) is 0 Å². The van der Waals surface area contributed by atoms with Gasteiger partial charge in [-0.05, 0) is 47.8 Å². The van der Waals surface area contributed by atoms with E-state index < -0.39 is 0 Å². The highest BCUT2D eigenvalue weighted by Gasteiger charge is 2.08. The van der Waals surface area contributed by atoms with Crippen molar-refractivity contribution in [3.05, 3.63) is 65.7 Å². The minimum Gasteiger partial charge on any atom is -0.465 e. The van der Waals surface area contributed by atoms with Gasteiger partial charge >= 0.3 is 5.97 Å². The highest BCUT2D eigenvalue weighted by molar-refractivity contribution is 7.13. The van der Waals surface area contributed by atoms with Crippen molar-refractivity contribution >= 4 is 17.3 Å². The molecule has 0 amide bonds. The van der Waals surface area contributed by atoms with E-state index >= 15 is 0 Å². The Morgan fingerprint density at radius 2 is 1.90 bits per heavy atom. The highest BCUT2D eigenvalue weighted by atomic mass is 32.1. The number of hydrogen-bond donors (Lipinski definition) is 0. The van der Waals surface area contributed by atoms with Gasteiger partial charge in [0.05, 0.1) is 23.2 Å². The van der Waals surface area contributed by atoms with Crippen LogP contribution < -0.4 is 0 Å². The second-order valence-corrected chi connectivity index (χ2v) is 5.23. The van der Waals surface area contributed by atoms with Gasteiger partial charge in [0.1, 0.15) is 0 Å². The third-order valence-electron chi connectivity index (χ3n) is 3.09. The maximum absolute atomic E-state index is 11.4. The van der Waals surface area contributed by atoms with Crippen molar-refractivity contribution in [2.24, 2.45) is 0 Å². The molecule has 2 heterocycles. The predicted molar refractivity (Wildman–Crippen MR) is 80.4 cm³/mol. The van der Waals surface area contributed by atoms with Gasteiger partial charge in [0.15, 0.2) is 0 Å². The maximum atomic E-state index is 11.4. The van der Waals surface area contributed by atoms with Crippen LogP contribution in [0.1, 0.15) is 10.4 Å². The summed E-state index contributed by atoms with van der Waals surface area (Å²) in [6.07, 6.45) is 2.02. The van der Waals surface area contributed by atoms with Gasteiger partial charge in [0.25, 0.3) is 0 Å². The average Bonchev–Trinajstić information content (AvgIpc) is 3.16. The SMILES string of the molecule is COC(=O)c1ccc(-n2cccc2-c2cccs2)cc1. The fraction of sp³-hybridized carbons (Fsp3) is 0.0625. The molecule has 0 aliphatic heterocycles. The molecule has 3 nitrogen and oxygen atoms in total. The number of ether oxygens (including phenoxy) is 1. The monoisotopic (exact) mass is 283 g/mol. The van der Waals surface area contributed by atoms with Crippen LogP contribution in [0.2, 0.25) is 0 Å². The van der Waals surface area contributed by atoms with Gasteiger partial charge in [-0.1, -0.05) is 6.07 Å². The van der Waals surface area contributed by atoms with Gasteiger partial charge in [0.2, 0.25) is 0 Å². The molecule has 0 radical (unpaired) electrons. The number of nitrogens with zero attached hydrogens (tertiary/aromatic N) is 1. The molecule has 0 bridgehead atoms. The van der Waals surface area contributed by atoms with Crippen LogP contribution in [0.4, 0.5) is 0 Å². The maximum Gasteiger partial charge on any atom is 0.337 e. The first-order chi connectivity index (χ1) is 9.79. The molecule has 0 atom stereocenters.